The molecule has 1 amide bonds. The molecule has 0 saturated carbocycles. The van der Waals surface area contributed by atoms with Gasteiger partial charge in [0.1, 0.15) is 5.75 Å². The first-order chi connectivity index (χ1) is 8.88. The fourth-order valence-electron chi connectivity index (χ4n) is 2.17. The van der Waals surface area contributed by atoms with E-state index < -0.39 is 0 Å². The summed E-state index contributed by atoms with van der Waals surface area (Å²) in [5, 5.41) is 0. The zero-order chi connectivity index (χ0) is 14.0. The first kappa shape index (κ1) is 13.9. The topological polar surface area (TPSA) is 50.4 Å². The molecule has 1 aliphatic heterocycles. The molecule has 1 aliphatic rings. The Morgan fingerprint density at radius 2 is 2.05 bits per heavy atom. The van der Waals surface area contributed by atoms with Gasteiger partial charge in [0, 0.05) is 11.1 Å². The van der Waals surface area contributed by atoms with Gasteiger partial charge in [-0.05, 0) is 63.8 Å². The lowest BCUT2D eigenvalue weighted by Gasteiger charge is -2.23. The Morgan fingerprint density at radius 3 is 2.74 bits per heavy atom. The Hall–Kier alpha value is -1.55. The predicted octanol–water partition coefficient (Wildman–Crippen LogP) is 2.35. The van der Waals surface area contributed by atoms with E-state index in [-0.39, 0.29) is 11.4 Å². The Balaban J connectivity index is 2.19. The minimum Gasteiger partial charge on any atom is -0.493 e. The molecule has 0 fully saturated rings. The summed E-state index contributed by atoms with van der Waals surface area (Å²) in [6.07, 6.45) is 1.99. The molecular formula is C15H22N2O2. The monoisotopic (exact) mass is 262 g/mol. The molecule has 0 bridgehead atoms. The lowest BCUT2D eigenvalue weighted by atomic mass is 9.96. The molecule has 2 N–H and O–H groups in total. The average molecular weight is 262 g/mol. The smallest absolute Gasteiger partial charge is 0.265 e. The van der Waals surface area contributed by atoms with E-state index in [0.29, 0.717) is 5.56 Å². The van der Waals surface area contributed by atoms with Gasteiger partial charge >= 0.3 is 0 Å². The maximum atomic E-state index is 12.2. The Bertz CT molecular complexity index is 490. The molecule has 0 atom stereocenters. The van der Waals surface area contributed by atoms with Gasteiger partial charge in [0.15, 0.2) is 0 Å². The number of rotatable bonds is 2. The molecule has 2 rings (SSSR count). The highest BCUT2D eigenvalue weighted by Gasteiger charge is 2.19. The number of hydrazine groups is 1. The molecule has 19 heavy (non-hydrogen) atoms. The molecule has 4 nitrogen and oxygen atoms in total. The van der Waals surface area contributed by atoms with Gasteiger partial charge in [-0.25, -0.2) is 5.43 Å². The van der Waals surface area contributed by atoms with Crippen LogP contribution in [0, 0.1) is 6.92 Å². The summed E-state index contributed by atoms with van der Waals surface area (Å²) < 4.78 is 5.61. The second-order valence-corrected chi connectivity index (χ2v) is 6.00. The molecule has 0 unspecified atom stereocenters. The quantitative estimate of drug-likeness (QED) is 0.804. The molecule has 0 aliphatic carbocycles. The highest BCUT2D eigenvalue weighted by Crippen LogP contribution is 2.29. The number of carbonyl (C=O) groups excluding carboxylic acids is 1. The first-order valence-corrected chi connectivity index (χ1v) is 6.71. The van der Waals surface area contributed by atoms with E-state index in [1.54, 1.807) is 0 Å². The van der Waals surface area contributed by atoms with Gasteiger partial charge in [0.25, 0.3) is 5.91 Å². The molecule has 1 heterocycles. The maximum absolute atomic E-state index is 12.2. The number of benzene rings is 1. The molecule has 4 heteroatoms. The highest BCUT2D eigenvalue weighted by molar-refractivity contribution is 5.96. The third-order valence-corrected chi connectivity index (χ3v) is 3.18. The van der Waals surface area contributed by atoms with Crippen molar-refractivity contribution in [2.75, 3.05) is 6.61 Å². The zero-order valence-electron chi connectivity index (χ0n) is 12.1. The highest BCUT2D eigenvalue weighted by atomic mass is 16.5. The molecular weight excluding hydrogens is 240 g/mol. The molecule has 0 saturated heterocycles. The van der Waals surface area contributed by atoms with Crippen LogP contribution < -0.4 is 15.6 Å². The van der Waals surface area contributed by atoms with Crippen LogP contribution in [0.1, 0.15) is 48.7 Å². The Kier molecular flexibility index (Phi) is 3.80. The van der Waals surface area contributed by atoms with Crippen LogP contribution in [-0.2, 0) is 6.42 Å². The van der Waals surface area contributed by atoms with E-state index in [9.17, 15) is 4.79 Å². The lowest BCUT2D eigenvalue weighted by molar-refractivity contribution is 0.0913. The number of nitrogens with one attached hydrogen (secondary N) is 2. The van der Waals surface area contributed by atoms with Crippen molar-refractivity contribution in [3.05, 3.63) is 28.8 Å². The van der Waals surface area contributed by atoms with Crippen LogP contribution in [0.25, 0.3) is 0 Å². The second kappa shape index (κ2) is 5.21. The third kappa shape index (κ3) is 3.26. The number of carbonyl (C=O) groups is 1. The summed E-state index contributed by atoms with van der Waals surface area (Å²) in [6.45, 7) is 8.76. The predicted molar refractivity (Wildman–Crippen MR) is 75.3 cm³/mol. The van der Waals surface area contributed by atoms with Crippen molar-refractivity contribution in [1.82, 2.24) is 10.9 Å². The van der Waals surface area contributed by atoms with E-state index in [1.165, 1.54) is 0 Å². The normalized spacial score (nSPS) is 14.5. The number of amides is 1. The van der Waals surface area contributed by atoms with Gasteiger partial charge in [-0.15, -0.1) is 0 Å². The van der Waals surface area contributed by atoms with Gasteiger partial charge < -0.3 is 4.74 Å². The van der Waals surface area contributed by atoms with E-state index in [2.05, 4.69) is 10.9 Å². The Morgan fingerprint density at radius 1 is 1.32 bits per heavy atom. The number of hydrogen-bond acceptors (Lipinski definition) is 3. The molecule has 1 aromatic carbocycles. The van der Waals surface area contributed by atoms with Crippen LogP contribution in [-0.4, -0.2) is 18.1 Å². The summed E-state index contributed by atoms with van der Waals surface area (Å²) in [7, 11) is 0. The van der Waals surface area contributed by atoms with Crippen LogP contribution in [0.2, 0.25) is 0 Å². The Labute approximate surface area is 114 Å². The number of fused-ring (bicyclic) bond motifs is 1. The number of hydrogen-bond donors (Lipinski definition) is 2. The molecule has 0 aromatic heterocycles. The zero-order valence-corrected chi connectivity index (χ0v) is 12.1. The van der Waals surface area contributed by atoms with Crippen LogP contribution >= 0.6 is 0 Å². The van der Waals surface area contributed by atoms with Crippen LogP contribution in [0.15, 0.2) is 12.1 Å². The largest absolute Gasteiger partial charge is 0.493 e. The fourth-order valence-corrected chi connectivity index (χ4v) is 2.17. The summed E-state index contributed by atoms with van der Waals surface area (Å²) >= 11 is 0. The van der Waals surface area contributed by atoms with Crippen molar-refractivity contribution in [1.29, 1.82) is 0 Å². The summed E-state index contributed by atoms with van der Waals surface area (Å²) in [4.78, 5) is 12.2. The minimum absolute atomic E-state index is 0.0965. The molecule has 0 radical (unpaired) electrons. The van der Waals surface area contributed by atoms with Gasteiger partial charge in [-0.3, -0.25) is 10.2 Å². The second-order valence-electron chi connectivity index (χ2n) is 6.00. The summed E-state index contributed by atoms with van der Waals surface area (Å²) in [6, 6.07) is 3.73. The van der Waals surface area contributed by atoms with Crippen molar-refractivity contribution >= 4 is 5.91 Å². The van der Waals surface area contributed by atoms with E-state index >= 15 is 0 Å². The lowest BCUT2D eigenvalue weighted by Crippen LogP contribution is -2.48. The van der Waals surface area contributed by atoms with Crippen LogP contribution in [0.4, 0.5) is 0 Å². The van der Waals surface area contributed by atoms with Crippen molar-refractivity contribution in [3.63, 3.8) is 0 Å². The molecule has 1 aromatic rings. The average Bonchev–Trinajstić information content (AvgIpc) is 2.36. The van der Waals surface area contributed by atoms with Crippen molar-refractivity contribution in [2.24, 2.45) is 0 Å². The number of ether oxygens (including phenoxy) is 1. The first-order valence-electron chi connectivity index (χ1n) is 6.71. The van der Waals surface area contributed by atoms with E-state index in [4.69, 9.17) is 4.74 Å². The maximum Gasteiger partial charge on any atom is 0.265 e. The van der Waals surface area contributed by atoms with E-state index in [0.717, 1.165) is 36.3 Å². The van der Waals surface area contributed by atoms with Gasteiger partial charge in [-0.1, -0.05) is 0 Å². The summed E-state index contributed by atoms with van der Waals surface area (Å²) in [5.74, 6) is 0.824. The van der Waals surface area contributed by atoms with Crippen molar-refractivity contribution in [3.8, 4) is 5.75 Å². The minimum atomic E-state index is -0.152. The fraction of sp³-hybridized carbons (Fsp3) is 0.533. The van der Waals surface area contributed by atoms with E-state index in [1.807, 2.05) is 39.8 Å². The summed E-state index contributed by atoms with van der Waals surface area (Å²) in [5.41, 5.74) is 8.49. The molecule has 104 valence electrons. The standard InChI is InChI=1S/C15H22N2O2/c1-10-11-6-5-9-19-13(11)8-7-12(10)14(18)16-17-15(2,3)4/h7-8,17H,5-6,9H2,1-4H3,(H,16,18). The molecule has 0 spiro atoms. The van der Waals surface area contributed by atoms with Crippen molar-refractivity contribution < 1.29 is 9.53 Å². The van der Waals surface area contributed by atoms with Crippen LogP contribution in [0.3, 0.4) is 0 Å². The van der Waals surface area contributed by atoms with Gasteiger partial charge in [0.2, 0.25) is 0 Å². The van der Waals surface area contributed by atoms with Crippen LogP contribution in [0.5, 0.6) is 5.75 Å². The van der Waals surface area contributed by atoms with Gasteiger partial charge in [0.05, 0.1) is 6.61 Å². The SMILES string of the molecule is Cc1c(C(=O)NNC(C)(C)C)ccc2c1CCCO2. The van der Waals surface area contributed by atoms with Crippen molar-refractivity contribution in [2.45, 2.75) is 46.1 Å². The third-order valence-electron chi connectivity index (χ3n) is 3.18. The van der Waals surface area contributed by atoms with Gasteiger partial charge in [-0.2, -0.15) is 0 Å².